The largest absolute Gasteiger partial charge is 0.456 e. The van der Waals surface area contributed by atoms with E-state index in [0.717, 1.165) is 104 Å². The highest BCUT2D eigenvalue weighted by Gasteiger charge is 2.33. The van der Waals surface area contributed by atoms with Crippen molar-refractivity contribution in [1.82, 2.24) is 14.1 Å². The average molecular weight is 776 g/mol. The molecule has 0 aliphatic heterocycles. The quantitative estimate of drug-likeness (QED) is 0.132. The van der Waals surface area contributed by atoms with Gasteiger partial charge in [0.15, 0.2) is 0 Å². The Hall–Kier alpha value is -8.71. The topological polar surface area (TPSA) is 64.0 Å². The summed E-state index contributed by atoms with van der Waals surface area (Å²) in [6, 6.07) is 60.7. The van der Waals surface area contributed by atoms with Gasteiger partial charge in [0, 0.05) is 55.0 Å². The number of pyridine rings is 1. The van der Waals surface area contributed by atoms with Crippen LogP contribution in [0.25, 0.3) is 126 Å². The minimum absolute atomic E-state index is 0.398. The molecule has 0 bridgehead atoms. The molecule has 0 N–H and O–H groups in total. The maximum Gasteiger partial charge on any atom is 0.220 e. The predicted molar refractivity (Wildman–Crippen MR) is 248 cm³/mol. The van der Waals surface area contributed by atoms with Gasteiger partial charge in [0.2, 0.25) is 5.69 Å². The van der Waals surface area contributed by atoms with Crippen LogP contribution in [0.2, 0.25) is 0 Å². The fourth-order valence-corrected chi connectivity index (χ4v) is 10.2. The molecule has 0 saturated heterocycles. The van der Waals surface area contributed by atoms with Gasteiger partial charge in [-0.15, -0.1) is 0 Å². The van der Waals surface area contributed by atoms with E-state index >= 15 is 0 Å². The lowest BCUT2D eigenvalue weighted by Gasteiger charge is -2.26. The van der Waals surface area contributed by atoms with Crippen LogP contribution in [0.1, 0.15) is 5.56 Å². The fraction of sp³-hybridized carbons (Fsp3) is 0. The standard InChI is InChI=1S/C55H29N5O/c1-57-52-46(32-15-4-2-5-16-32)40(31-56)54(60-41-24-10-8-19-34(41)37-28-29-45-50(53(37)60)38-20-9-11-27-44(38)61-45)47(33-17-6-3-7-18-33)55(52)59-42-25-12-21-35-36-23-14-30-58-51(36)39-22-13-26-43(59)49(39)48(35)42/h2-30H. The van der Waals surface area contributed by atoms with E-state index < -0.39 is 0 Å². The Balaban J connectivity index is 1.35. The summed E-state index contributed by atoms with van der Waals surface area (Å²) in [6.07, 6.45) is 1.86. The van der Waals surface area contributed by atoms with Crippen molar-refractivity contribution in [2.24, 2.45) is 0 Å². The van der Waals surface area contributed by atoms with Crippen LogP contribution in [0.15, 0.2) is 180 Å². The van der Waals surface area contributed by atoms with Gasteiger partial charge >= 0.3 is 0 Å². The SMILES string of the molecule is [C-]#[N+]c1c(-c2ccccc2)c(C#N)c(-n2c3ccccc3c3ccc4oc5ccccc5c4c32)c(-c2ccccc2)c1-n1c2cccc3c4cccnc4c4cccc1c4c32. The molecule has 0 aliphatic rings. The van der Waals surface area contributed by atoms with Crippen LogP contribution in [0, 0.1) is 17.9 Å². The summed E-state index contributed by atoms with van der Waals surface area (Å²) < 4.78 is 11.1. The van der Waals surface area contributed by atoms with Gasteiger partial charge in [-0.25, -0.2) is 4.85 Å². The van der Waals surface area contributed by atoms with Gasteiger partial charge in [-0.05, 0) is 59.0 Å². The van der Waals surface area contributed by atoms with Crippen LogP contribution < -0.4 is 0 Å². The summed E-state index contributed by atoms with van der Waals surface area (Å²) in [5.74, 6) is 0. The molecule has 0 spiro atoms. The van der Waals surface area contributed by atoms with Crippen molar-refractivity contribution in [3.05, 3.63) is 193 Å². The van der Waals surface area contributed by atoms with E-state index in [9.17, 15) is 11.8 Å². The molecule has 0 aliphatic carbocycles. The molecule has 0 atom stereocenters. The number of nitriles is 1. The van der Waals surface area contributed by atoms with Crippen LogP contribution in [0.4, 0.5) is 5.69 Å². The molecule has 13 rings (SSSR count). The van der Waals surface area contributed by atoms with E-state index in [1.165, 1.54) is 0 Å². The number of nitrogens with zero attached hydrogens (tertiary/aromatic N) is 5. The van der Waals surface area contributed by atoms with Gasteiger partial charge in [0.1, 0.15) is 17.2 Å². The Morgan fingerprint density at radius 3 is 1.87 bits per heavy atom. The molecule has 0 fully saturated rings. The Kier molecular flexibility index (Phi) is 6.76. The van der Waals surface area contributed by atoms with Crippen LogP contribution in [-0.4, -0.2) is 14.1 Å². The summed E-state index contributed by atoms with van der Waals surface area (Å²) in [6.45, 7) is 9.18. The van der Waals surface area contributed by atoms with Crippen molar-refractivity contribution in [3.8, 4) is 39.7 Å². The molecule has 4 aromatic heterocycles. The molecule has 13 aromatic rings. The third-order valence-electron chi connectivity index (χ3n) is 12.6. The summed E-state index contributed by atoms with van der Waals surface area (Å²) in [5.41, 5.74) is 11.5. The average Bonchev–Trinajstić information content (AvgIpc) is 3.99. The zero-order valence-corrected chi connectivity index (χ0v) is 32.4. The normalized spacial score (nSPS) is 11.9. The minimum atomic E-state index is 0.398. The zero-order valence-electron chi connectivity index (χ0n) is 32.4. The van der Waals surface area contributed by atoms with Gasteiger partial charge in [-0.3, -0.25) is 4.98 Å². The summed E-state index contributed by atoms with van der Waals surface area (Å²) in [4.78, 5) is 9.41. The third-order valence-corrected chi connectivity index (χ3v) is 12.6. The van der Waals surface area contributed by atoms with E-state index in [1.54, 1.807) is 0 Å². The van der Waals surface area contributed by atoms with Crippen molar-refractivity contribution in [3.63, 3.8) is 0 Å². The molecule has 0 radical (unpaired) electrons. The number of hydrogen-bond acceptors (Lipinski definition) is 3. The lowest BCUT2D eigenvalue weighted by Crippen LogP contribution is -2.08. The maximum absolute atomic E-state index is 11.8. The molecule has 280 valence electrons. The Bertz CT molecular complexity index is 3980. The molecule has 9 aromatic carbocycles. The molecular weight excluding hydrogens is 747 g/mol. The van der Waals surface area contributed by atoms with E-state index in [0.29, 0.717) is 28.2 Å². The smallest absolute Gasteiger partial charge is 0.220 e. The molecule has 0 amide bonds. The Labute approximate surface area is 348 Å². The molecule has 6 nitrogen and oxygen atoms in total. The van der Waals surface area contributed by atoms with E-state index in [4.69, 9.17) is 9.40 Å². The predicted octanol–water partition coefficient (Wildman–Crippen LogP) is 14.7. The van der Waals surface area contributed by atoms with Crippen molar-refractivity contribution < 1.29 is 4.42 Å². The summed E-state index contributed by atoms with van der Waals surface area (Å²) >= 11 is 0. The van der Waals surface area contributed by atoms with Crippen molar-refractivity contribution in [2.75, 3.05) is 0 Å². The second-order valence-electron chi connectivity index (χ2n) is 15.5. The van der Waals surface area contributed by atoms with Crippen molar-refractivity contribution >= 4 is 92.9 Å². The fourth-order valence-electron chi connectivity index (χ4n) is 10.2. The molecule has 0 saturated carbocycles. The van der Waals surface area contributed by atoms with Crippen LogP contribution in [0.5, 0.6) is 0 Å². The van der Waals surface area contributed by atoms with Crippen molar-refractivity contribution in [1.29, 1.82) is 5.26 Å². The van der Waals surface area contributed by atoms with Crippen LogP contribution >= 0.6 is 0 Å². The lowest BCUT2D eigenvalue weighted by molar-refractivity contribution is 0.669. The van der Waals surface area contributed by atoms with Gasteiger partial charge < -0.3 is 13.6 Å². The number of fused-ring (bicyclic) bond motifs is 10. The number of aromatic nitrogens is 3. The van der Waals surface area contributed by atoms with E-state index in [-0.39, 0.29) is 0 Å². The number of benzene rings is 9. The molecule has 0 unspecified atom stereocenters. The first-order valence-electron chi connectivity index (χ1n) is 20.2. The number of furan rings is 1. The highest BCUT2D eigenvalue weighted by atomic mass is 16.3. The van der Waals surface area contributed by atoms with E-state index in [2.05, 4.69) is 117 Å². The Morgan fingerprint density at radius 1 is 0.492 bits per heavy atom. The van der Waals surface area contributed by atoms with Gasteiger partial charge in [-0.1, -0.05) is 127 Å². The zero-order chi connectivity index (χ0) is 40.3. The first-order valence-corrected chi connectivity index (χ1v) is 20.2. The van der Waals surface area contributed by atoms with Gasteiger partial charge in [0.25, 0.3) is 0 Å². The minimum Gasteiger partial charge on any atom is -0.456 e. The molecule has 6 heteroatoms. The Morgan fingerprint density at radius 2 is 1.11 bits per heavy atom. The molecular formula is C55H29N5O. The first kappa shape index (κ1) is 33.3. The van der Waals surface area contributed by atoms with Crippen molar-refractivity contribution in [2.45, 2.75) is 0 Å². The summed E-state index contributed by atoms with van der Waals surface area (Å²) in [7, 11) is 0. The molecule has 61 heavy (non-hydrogen) atoms. The second kappa shape index (κ2) is 12.4. The van der Waals surface area contributed by atoms with Crippen LogP contribution in [0.3, 0.4) is 0 Å². The highest BCUT2D eigenvalue weighted by molar-refractivity contribution is 6.34. The molecule has 4 heterocycles. The number of para-hydroxylation sites is 2. The summed E-state index contributed by atoms with van der Waals surface area (Å²) in [5, 5.41) is 21.3. The maximum atomic E-state index is 11.8. The van der Waals surface area contributed by atoms with Gasteiger partial charge in [-0.2, -0.15) is 5.26 Å². The highest BCUT2D eigenvalue weighted by Crippen LogP contribution is 2.54. The first-order chi connectivity index (χ1) is 30.2. The monoisotopic (exact) mass is 775 g/mol. The lowest BCUT2D eigenvalue weighted by atomic mass is 9.88. The number of hydrogen-bond donors (Lipinski definition) is 0. The number of rotatable bonds is 4. The third kappa shape index (κ3) is 4.35. The second-order valence-corrected chi connectivity index (χ2v) is 15.5. The van der Waals surface area contributed by atoms with E-state index in [1.807, 2.05) is 79.0 Å². The van der Waals surface area contributed by atoms with Gasteiger partial charge in [0.05, 0.1) is 56.5 Å². The van der Waals surface area contributed by atoms with Crippen LogP contribution in [-0.2, 0) is 0 Å².